The molecule has 1 fully saturated rings. The van der Waals surface area contributed by atoms with Gasteiger partial charge in [0.05, 0.1) is 29.6 Å². The first-order valence-corrected chi connectivity index (χ1v) is 9.71. The molecular formula is C21H16ClF2N3O3. The summed E-state index contributed by atoms with van der Waals surface area (Å²) in [6.45, 7) is 1.62. The fraction of sp³-hybridized carbons (Fsp3) is 0.238. The molecule has 1 aromatic heterocycles. The molecule has 2 aliphatic heterocycles. The predicted molar refractivity (Wildman–Crippen MR) is 108 cm³/mol. The number of carbonyl (C=O) groups excluding carboxylic acids is 1. The van der Waals surface area contributed by atoms with E-state index in [2.05, 4.69) is 10.3 Å². The maximum absolute atomic E-state index is 15.7. The van der Waals surface area contributed by atoms with Gasteiger partial charge in [0, 0.05) is 30.6 Å². The Morgan fingerprint density at radius 3 is 2.97 bits per heavy atom. The van der Waals surface area contributed by atoms with Crippen LogP contribution in [0, 0.1) is 11.6 Å². The van der Waals surface area contributed by atoms with Crippen molar-refractivity contribution >= 4 is 34.2 Å². The molecular weight excluding hydrogens is 416 g/mol. The second kappa shape index (κ2) is 7.07. The van der Waals surface area contributed by atoms with Crippen LogP contribution in [-0.4, -0.2) is 43.7 Å². The maximum atomic E-state index is 15.7. The largest absolute Gasteiger partial charge is 0.496 e. The first-order valence-electron chi connectivity index (χ1n) is 9.34. The lowest BCUT2D eigenvalue weighted by atomic mass is 9.99. The summed E-state index contributed by atoms with van der Waals surface area (Å²) in [5.74, 6) is -1.42. The molecule has 2 aliphatic rings. The van der Waals surface area contributed by atoms with E-state index in [1.807, 2.05) is 4.90 Å². The third kappa shape index (κ3) is 2.71. The summed E-state index contributed by atoms with van der Waals surface area (Å²) in [6.07, 6.45) is 1.31. The zero-order valence-corrected chi connectivity index (χ0v) is 16.6. The minimum atomic E-state index is -0.771. The summed E-state index contributed by atoms with van der Waals surface area (Å²) in [5.41, 5.74) is 0.360. The molecule has 9 heteroatoms. The van der Waals surface area contributed by atoms with Crippen LogP contribution >= 0.6 is 11.6 Å². The number of carbonyl (C=O) groups is 1. The molecule has 6 nitrogen and oxygen atoms in total. The van der Waals surface area contributed by atoms with E-state index in [9.17, 15) is 9.18 Å². The highest BCUT2D eigenvalue weighted by Gasteiger charge is 2.38. The first-order chi connectivity index (χ1) is 14.5. The molecule has 3 heterocycles. The van der Waals surface area contributed by atoms with Gasteiger partial charge in [0.25, 0.3) is 0 Å². The molecule has 3 aromatic rings. The number of piperazine rings is 1. The van der Waals surface area contributed by atoms with E-state index >= 15 is 4.39 Å². The maximum Gasteiger partial charge on any atom is 0.335 e. The molecule has 1 atom stereocenters. The molecule has 0 unspecified atom stereocenters. The normalized spacial score (nSPS) is 18.1. The third-order valence-electron chi connectivity index (χ3n) is 5.45. The van der Waals surface area contributed by atoms with Gasteiger partial charge in [-0.2, -0.15) is 0 Å². The van der Waals surface area contributed by atoms with Crippen LogP contribution in [0.2, 0.25) is 5.02 Å². The van der Waals surface area contributed by atoms with Crippen molar-refractivity contribution in [3.63, 3.8) is 0 Å². The molecule has 1 N–H and O–H groups in total. The Bertz CT molecular complexity index is 1200. The number of ether oxygens (including phenoxy) is 2. The zero-order valence-electron chi connectivity index (χ0n) is 15.8. The number of esters is 1. The number of aromatic nitrogens is 1. The van der Waals surface area contributed by atoms with Gasteiger partial charge >= 0.3 is 5.97 Å². The average Bonchev–Trinajstić information content (AvgIpc) is 2.74. The van der Waals surface area contributed by atoms with E-state index in [0.29, 0.717) is 30.7 Å². The third-order valence-corrected chi connectivity index (χ3v) is 5.75. The summed E-state index contributed by atoms with van der Waals surface area (Å²) in [6, 6.07) is 5.22. The number of hydrogen-bond acceptors (Lipinski definition) is 6. The lowest BCUT2D eigenvalue weighted by molar-refractivity contribution is -0.136. The van der Waals surface area contributed by atoms with Crippen LogP contribution in [0.25, 0.3) is 22.0 Å². The molecule has 30 heavy (non-hydrogen) atoms. The minimum absolute atomic E-state index is 0.00202. The van der Waals surface area contributed by atoms with Crippen LogP contribution in [0.15, 0.2) is 30.5 Å². The topological polar surface area (TPSA) is 63.7 Å². The van der Waals surface area contributed by atoms with Gasteiger partial charge in [-0.15, -0.1) is 0 Å². The molecule has 2 aromatic carbocycles. The number of benzene rings is 2. The van der Waals surface area contributed by atoms with Gasteiger partial charge in [0.15, 0.2) is 11.6 Å². The molecule has 5 rings (SSSR count). The van der Waals surface area contributed by atoms with Gasteiger partial charge in [0.2, 0.25) is 0 Å². The number of rotatable bonds is 2. The molecule has 0 spiro atoms. The van der Waals surface area contributed by atoms with Crippen LogP contribution in [0.4, 0.5) is 14.5 Å². The van der Waals surface area contributed by atoms with Crippen molar-refractivity contribution in [2.45, 2.75) is 6.04 Å². The van der Waals surface area contributed by atoms with Crippen molar-refractivity contribution in [3.05, 3.63) is 47.1 Å². The fourth-order valence-corrected chi connectivity index (χ4v) is 4.40. The van der Waals surface area contributed by atoms with Gasteiger partial charge in [-0.1, -0.05) is 17.7 Å². The van der Waals surface area contributed by atoms with E-state index < -0.39 is 23.6 Å². The highest BCUT2D eigenvalue weighted by Crippen LogP contribution is 2.46. The smallest absolute Gasteiger partial charge is 0.335 e. The Hall–Kier alpha value is -2.97. The van der Waals surface area contributed by atoms with Crippen LogP contribution in [0.1, 0.15) is 0 Å². The monoisotopic (exact) mass is 431 g/mol. The summed E-state index contributed by atoms with van der Waals surface area (Å²) in [5, 5.41) is 3.55. The Balaban J connectivity index is 1.79. The Morgan fingerprint density at radius 2 is 2.17 bits per heavy atom. The highest BCUT2D eigenvalue weighted by atomic mass is 35.5. The zero-order chi connectivity index (χ0) is 21.0. The number of nitrogens with zero attached hydrogens (tertiary/aromatic N) is 2. The van der Waals surface area contributed by atoms with Gasteiger partial charge in [-0.3, -0.25) is 0 Å². The number of pyridine rings is 1. The number of methoxy groups -OCH3 is 1. The Kier molecular flexibility index (Phi) is 4.48. The van der Waals surface area contributed by atoms with E-state index in [1.165, 1.54) is 37.6 Å². The Labute approximate surface area is 175 Å². The van der Waals surface area contributed by atoms with Crippen molar-refractivity contribution in [2.75, 3.05) is 31.6 Å². The van der Waals surface area contributed by atoms with Crippen LogP contribution in [0.3, 0.4) is 0 Å². The average molecular weight is 432 g/mol. The number of hydrogen-bond donors (Lipinski definition) is 1. The van der Waals surface area contributed by atoms with Crippen molar-refractivity contribution in [2.24, 2.45) is 0 Å². The summed E-state index contributed by atoms with van der Waals surface area (Å²) in [4.78, 5) is 18.4. The lowest BCUT2D eigenvalue weighted by Crippen LogP contribution is -2.58. The van der Waals surface area contributed by atoms with E-state index in [0.717, 1.165) is 0 Å². The number of halogens is 3. The van der Waals surface area contributed by atoms with E-state index in [-0.39, 0.29) is 33.2 Å². The van der Waals surface area contributed by atoms with Gasteiger partial charge in [-0.25, -0.2) is 18.6 Å². The van der Waals surface area contributed by atoms with Crippen LogP contribution < -0.4 is 19.7 Å². The van der Waals surface area contributed by atoms with Crippen LogP contribution in [-0.2, 0) is 4.79 Å². The number of nitrogens with one attached hydrogen (secondary N) is 1. The molecule has 0 amide bonds. The summed E-state index contributed by atoms with van der Waals surface area (Å²) < 4.78 is 40.9. The van der Waals surface area contributed by atoms with Crippen molar-refractivity contribution in [1.29, 1.82) is 0 Å². The van der Waals surface area contributed by atoms with Crippen molar-refractivity contribution in [1.82, 2.24) is 10.3 Å². The van der Waals surface area contributed by atoms with Crippen LogP contribution in [0.5, 0.6) is 11.5 Å². The predicted octanol–water partition coefficient (Wildman–Crippen LogP) is 3.54. The standard InChI is InChI=1S/C21H16ClF2N3O3/c1-29-14-4-2-3-12(23)17(14)16-11(22)7-10-19(18(16)24)26-9-15-20(10)27-6-5-25-8-13(27)21(28)30-15/h2-4,7,9,13,25H,5-6,8H2,1H3/t13-/m1/s1. The van der Waals surface area contributed by atoms with Crippen molar-refractivity contribution < 1.29 is 23.0 Å². The molecule has 0 radical (unpaired) electrons. The van der Waals surface area contributed by atoms with Crippen molar-refractivity contribution in [3.8, 4) is 22.6 Å². The fourth-order valence-electron chi connectivity index (χ4n) is 4.11. The molecule has 1 saturated heterocycles. The highest BCUT2D eigenvalue weighted by molar-refractivity contribution is 6.34. The summed E-state index contributed by atoms with van der Waals surface area (Å²) in [7, 11) is 1.37. The lowest BCUT2D eigenvalue weighted by Gasteiger charge is -2.40. The second-order valence-electron chi connectivity index (χ2n) is 7.07. The molecule has 154 valence electrons. The SMILES string of the molecule is COc1cccc(F)c1-c1c(Cl)cc2c3c(cnc2c1F)OC(=O)[C@H]1CNCCN31. The number of fused-ring (bicyclic) bond motifs is 5. The second-order valence-corrected chi connectivity index (χ2v) is 7.47. The first kappa shape index (κ1) is 19.0. The van der Waals surface area contributed by atoms with E-state index in [4.69, 9.17) is 21.1 Å². The quantitative estimate of drug-likeness (QED) is 0.626. The molecule has 0 aliphatic carbocycles. The van der Waals surface area contributed by atoms with Gasteiger partial charge in [0.1, 0.15) is 23.1 Å². The van der Waals surface area contributed by atoms with Gasteiger partial charge < -0.3 is 19.7 Å². The number of anilines is 1. The summed E-state index contributed by atoms with van der Waals surface area (Å²) >= 11 is 6.46. The van der Waals surface area contributed by atoms with Gasteiger partial charge in [-0.05, 0) is 18.2 Å². The molecule has 0 saturated carbocycles. The van der Waals surface area contributed by atoms with E-state index in [1.54, 1.807) is 0 Å². The molecule has 0 bridgehead atoms. The Morgan fingerprint density at radius 1 is 1.33 bits per heavy atom. The minimum Gasteiger partial charge on any atom is -0.496 e.